The number of nitrogens with zero attached hydrogens (tertiary/aromatic N) is 2. The molecule has 1 atom stereocenters. The molecule has 1 aromatic rings. The fourth-order valence-electron chi connectivity index (χ4n) is 3.10. The summed E-state index contributed by atoms with van der Waals surface area (Å²) in [6, 6.07) is 2.40. The summed E-state index contributed by atoms with van der Waals surface area (Å²) in [6.07, 6.45) is 3.16. The summed E-state index contributed by atoms with van der Waals surface area (Å²) in [5.41, 5.74) is -0.507. The molecule has 0 aliphatic carbocycles. The highest BCUT2D eigenvalue weighted by Gasteiger charge is 2.24. The van der Waals surface area contributed by atoms with Crippen molar-refractivity contribution in [3.8, 4) is 11.8 Å². The second-order valence-corrected chi connectivity index (χ2v) is 8.65. The van der Waals surface area contributed by atoms with E-state index in [0.717, 1.165) is 4.90 Å². The number of hydrogen-bond donors (Lipinski definition) is 3. The lowest BCUT2D eigenvalue weighted by molar-refractivity contribution is -0.146. The van der Waals surface area contributed by atoms with Crippen LogP contribution in [0, 0.1) is 0 Å². The molecule has 1 aliphatic heterocycles. The monoisotopic (exact) mass is 495 g/mol. The third kappa shape index (κ3) is 9.41. The third-order valence-electron chi connectivity index (χ3n) is 5.23. The lowest BCUT2D eigenvalue weighted by Gasteiger charge is -2.26. The van der Waals surface area contributed by atoms with Gasteiger partial charge in [-0.2, -0.15) is 0 Å². The number of nitrogens with one attached hydrogen (secondary N) is 1. The van der Waals surface area contributed by atoms with Gasteiger partial charge < -0.3 is 29.8 Å². The molecule has 1 aromatic heterocycles. The van der Waals surface area contributed by atoms with E-state index in [1.807, 2.05) is 20.8 Å². The standard InChI is InChI=1S/C23H33N3O9/c1-16(4-9-22(32)35-26-20(30)7-8-21(26)31)33-14-11-23(2,3)34-15-12-24-17(27)10-13-25-18(28)5-6-19(25)29/h5-8,16,30-31H,4,9-15H2,1-3H3,(H,24,27). The van der Waals surface area contributed by atoms with Gasteiger partial charge in [-0.25, -0.2) is 4.79 Å². The van der Waals surface area contributed by atoms with E-state index in [9.17, 15) is 29.4 Å². The SMILES string of the molecule is CC(CCC(=O)On1c(O)ccc1O)OCCC(C)(C)OCCNC(=O)CCN1C(=O)C=CC1=O. The third-order valence-corrected chi connectivity index (χ3v) is 5.23. The topological polar surface area (TPSA) is 157 Å². The van der Waals surface area contributed by atoms with Gasteiger partial charge in [0.2, 0.25) is 17.7 Å². The fraction of sp³-hybridized carbons (Fsp3) is 0.565. The number of aromatic nitrogens is 1. The van der Waals surface area contributed by atoms with E-state index in [0.29, 0.717) is 24.2 Å². The first-order valence-electron chi connectivity index (χ1n) is 11.3. The number of hydrogen-bond acceptors (Lipinski definition) is 9. The van der Waals surface area contributed by atoms with Crippen molar-refractivity contribution in [3.63, 3.8) is 0 Å². The smallest absolute Gasteiger partial charge is 0.333 e. The second kappa shape index (κ2) is 12.9. The molecule has 0 saturated carbocycles. The molecule has 12 heteroatoms. The maximum Gasteiger partial charge on any atom is 0.333 e. The minimum Gasteiger partial charge on any atom is -0.492 e. The van der Waals surface area contributed by atoms with E-state index in [2.05, 4.69) is 5.32 Å². The van der Waals surface area contributed by atoms with Crippen molar-refractivity contribution in [1.29, 1.82) is 0 Å². The summed E-state index contributed by atoms with van der Waals surface area (Å²) in [7, 11) is 0. The molecule has 3 amide bonds. The van der Waals surface area contributed by atoms with Gasteiger partial charge in [0.05, 0.1) is 24.7 Å². The minimum atomic E-state index is -0.622. The molecular weight excluding hydrogens is 462 g/mol. The van der Waals surface area contributed by atoms with E-state index in [4.69, 9.17) is 14.3 Å². The Morgan fingerprint density at radius 2 is 1.69 bits per heavy atom. The van der Waals surface area contributed by atoms with E-state index in [1.54, 1.807) is 0 Å². The molecule has 0 saturated heterocycles. The number of ether oxygens (including phenoxy) is 2. The first-order valence-corrected chi connectivity index (χ1v) is 11.3. The molecule has 0 radical (unpaired) electrons. The van der Waals surface area contributed by atoms with Gasteiger partial charge in [-0.3, -0.25) is 19.3 Å². The lowest BCUT2D eigenvalue weighted by atomic mass is 10.1. The second-order valence-electron chi connectivity index (χ2n) is 8.65. The van der Waals surface area contributed by atoms with E-state index < -0.39 is 23.4 Å². The molecular formula is C23H33N3O9. The van der Waals surface area contributed by atoms with Crippen LogP contribution < -0.4 is 10.2 Å². The molecule has 0 aromatic carbocycles. The summed E-state index contributed by atoms with van der Waals surface area (Å²) in [4.78, 5) is 52.6. The van der Waals surface area contributed by atoms with Gasteiger partial charge in [0.25, 0.3) is 11.8 Å². The van der Waals surface area contributed by atoms with Crippen molar-refractivity contribution >= 4 is 23.7 Å². The average molecular weight is 496 g/mol. The molecule has 3 N–H and O–H groups in total. The summed E-state index contributed by atoms with van der Waals surface area (Å²) in [5, 5.41) is 21.6. The Morgan fingerprint density at radius 1 is 1.06 bits per heavy atom. The number of carbonyl (C=O) groups excluding carboxylic acids is 4. The van der Waals surface area contributed by atoms with Crippen LogP contribution in [0.25, 0.3) is 0 Å². The van der Waals surface area contributed by atoms with E-state index >= 15 is 0 Å². The quantitative estimate of drug-likeness (QED) is 0.235. The average Bonchev–Trinajstić information content (AvgIpc) is 3.28. The Hall–Kier alpha value is -3.38. The molecule has 12 nitrogen and oxygen atoms in total. The van der Waals surface area contributed by atoms with Gasteiger partial charge in [0.15, 0.2) is 0 Å². The minimum absolute atomic E-state index is 0.0234. The van der Waals surface area contributed by atoms with Gasteiger partial charge in [-0.05, 0) is 33.6 Å². The number of amides is 3. The largest absolute Gasteiger partial charge is 0.492 e. The predicted molar refractivity (Wildman–Crippen MR) is 122 cm³/mol. The molecule has 2 rings (SSSR count). The van der Waals surface area contributed by atoms with Gasteiger partial charge in [0, 0.05) is 50.4 Å². The first-order chi connectivity index (χ1) is 16.5. The first kappa shape index (κ1) is 27.9. The van der Waals surface area contributed by atoms with Crippen LogP contribution in [0.4, 0.5) is 0 Å². The number of aromatic hydroxyl groups is 2. The van der Waals surface area contributed by atoms with Crippen LogP contribution in [0.5, 0.6) is 11.8 Å². The molecule has 0 fully saturated rings. The number of imide groups is 1. The van der Waals surface area contributed by atoms with Crippen molar-refractivity contribution < 1.29 is 43.7 Å². The lowest BCUT2D eigenvalue weighted by Crippen LogP contribution is -2.36. The fourth-order valence-corrected chi connectivity index (χ4v) is 3.10. The van der Waals surface area contributed by atoms with Crippen molar-refractivity contribution in [3.05, 3.63) is 24.3 Å². The normalized spacial score (nSPS) is 14.4. The maximum absolute atomic E-state index is 11.9. The number of carbonyl (C=O) groups is 4. The Kier molecular flexibility index (Phi) is 10.3. The van der Waals surface area contributed by atoms with Crippen LogP contribution in [-0.4, -0.2) is 81.5 Å². The molecule has 1 unspecified atom stereocenters. The van der Waals surface area contributed by atoms with E-state index in [-0.39, 0.29) is 56.3 Å². The van der Waals surface area contributed by atoms with Crippen LogP contribution in [0.15, 0.2) is 24.3 Å². The summed E-state index contributed by atoms with van der Waals surface area (Å²) < 4.78 is 12.2. The highest BCUT2D eigenvalue weighted by atomic mass is 16.7. The summed E-state index contributed by atoms with van der Waals surface area (Å²) in [5.74, 6) is -2.49. The maximum atomic E-state index is 11.9. The van der Waals surface area contributed by atoms with Gasteiger partial charge in [-0.1, -0.05) is 0 Å². The van der Waals surface area contributed by atoms with Crippen molar-refractivity contribution in [2.45, 2.75) is 58.2 Å². The van der Waals surface area contributed by atoms with Crippen LogP contribution >= 0.6 is 0 Å². The highest BCUT2D eigenvalue weighted by Crippen LogP contribution is 2.19. The molecule has 194 valence electrons. The Balaban J connectivity index is 1.53. The van der Waals surface area contributed by atoms with Gasteiger partial charge >= 0.3 is 5.97 Å². The van der Waals surface area contributed by atoms with Crippen molar-refractivity contribution in [2.75, 3.05) is 26.3 Å². The summed E-state index contributed by atoms with van der Waals surface area (Å²) in [6.45, 7) is 6.60. The van der Waals surface area contributed by atoms with Crippen LogP contribution in [0.1, 0.15) is 46.5 Å². The Bertz CT molecular complexity index is 901. The molecule has 0 bridgehead atoms. The van der Waals surface area contributed by atoms with Crippen molar-refractivity contribution in [2.24, 2.45) is 0 Å². The number of rotatable bonds is 15. The Morgan fingerprint density at radius 3 is 2.31 bits per heavy atom. The molecule has 2 heterocycles. The zero-order chi connectivity index (χ0) is 26.0. The van der Waals surface area contributed by atoms with Gasteiger partial charge in [0.1, 0.15) is 0 Å². The zero-order valence-electron chi connectivity index (χ0n) is 20.2. The van der Waals surface area contributed by atoms with Crippen LogP contribution in [0.2, 0.25) is 0 Å². The molecule has 0 spiro atoms. The van der Waals surface area contributed by atoms with Gasteiger partial charge in [-0.15, -0.1) is 4.73 Å². The zero-order valence-corrected chi connectivity index (χ0v) is 20.2. The predicted octanol–water partition coefficient (Wildman–Crippen LogP) is 0.656. The van der Waals surface area contributed by atoms with Crippen LogP contribution in [0.3, 0.4) is 0 Å². The summed E-state index contributed by atoms with van der Waals surface area (Å²) >= 11 is 0. The van der Waals surface area contributed by atoms with Crippen LogP contribution in [-0.2, 0) is 28.7 Å². The molecule has 1 aliphatic rings. The van der Waals surface area contributed by atoms with Crippen molar-refractivity contribution in [1.82, 2.24) is 14.9 Å². The Labute approximate surface area is 203 Å². The molecule has 35 heavy (non-hydrogen) atoms. The van der Waals surface area contributed by atoms with E-state index in [1.165, 1.54) is 24.3 Å². The highest BCUT2D eigenvalue weighted by molar-refractivity contribution is 6.13.